The quantitative estimate of drug-likeness (QED) is 0.558. The van der Waals surface area contributed by atoms with E-state index in [1.165, 1.54) is 11.1 Å². The van der Waals surface area contributed by atoms with Crippen LogP contribution in [0.15, 0.2) is 18.2 Å². The maximum atomic E-state index is 3.31. The molecule has 1 aliphatic heterocycles. The highest BCUT2D eigenvalue weighted by atomic mass is 14.9. The number of fused-ring (bicyclic) bond motifs is 1. The minimum absolute atomic E-state index is 0.996. The smallest absolute Gasteiger partial charge is 0.0214 e. The van der Waals surface area contributed by atoms with Crippen LogP contribution in [-0.4, -0.2) is 6.54 Å². The molecule has 0 saturated heterocycles. The molecule has 0 fully saturated rings. The van der Waals surface area contributed by atoms with Crippen molar-refractivity contribution in [3.63, 3.8) is 0 Å². The zero-order valence-electron chi connectivity index (χ0n) is 5.85. The van der Waals surface area contributed by atoms with E-state index in [2.05, 4.69) is 23.5 Å². The average molecular weight is 132 g/mol. The Morgan fingerprint density at radius 1 is 1.50 bits per heavy atom. The second-order valence-electron chi connectivity index (χ2n) is 2.60. The summed E-state index contributed by atoms with van der Waals surface area (Å²) in [7, 11) is 0. The molecule has 0 amide bonds. The summed E-state index contributed by atoms with van der Waals surface area (Å²) >= 11 is 0. The van der Waals surface area contributed by atoms with E-state index in [9.17, 15) is 0 Å². The van der Waals surface area contributed by atoms with Gasteiger partial charge in [-0.2, -0.15) is 0 Å². The number of rotatable bonds is 0. The molecule has 0 bridgehead atoms. The van der Waals surface area contributed by atoms with E-state index in [0.717, 1.165) is 19.5 Å². The van der Waals surface area contributed by atoms with Crippen molar-refractivity contribution in [2.75, 3.05) is 6.54 Å². The highest BCUT2D eigenvalue weighted by molar-refractivity contribution is 5.27. The van der Waals surface area contributed by atoms with Crippen LogP contribution in [0.25, 0.3) is 0 Å². The molecule has 1 radical (unpaired) electrons. The van der Waals surface area contributed by atoms with Crippen molar-refractivity contribution in [2.24, 2.45) is 0 Å². The molecule has 1 N–H and O–H groups in total. The number of nitrogens with one attached hydrogen (secondary N) is 1. The molecule has 1 nitrogen and oxygen atoms in total. The van der Waals surface area contributed by atoms with Gasteiger partial charge in [-0.3, -0.25) is 0 Å². The first kappa shape index (κ1) is 5.93. The van der Waals surface area contributed by atoms with Gasteiger partial charge in [0.25, 0.3) is 0 Å². The van der Waals surface area contributed by atoms with Gasteiger partial charge in [0.2, 0.25) is 0 Å². The van der Waals surface area contributed by atoms with Crippen LogP contribution in [0.1, 0.15) is 11.1 Å². The maximum Gasteiger partial charge on any atom is 0.0214 e. The molecule has 0 spiro atoms. The molecule has 1 aliphatic rings. The van der Waals surface area contributed by atoms with Crippen LogP contribution in [0, 0.1) is 6.07 Å². The van der Waals surface area contributed by atoms with E-state index in [0.29, 0.717) is 0 Å². The summed E-state index contributed by atoms with van der Waals surface area (Å²) in [5, 5.41) is 3.31. The van der Waals surface area contributed by atoms with Gasteiger partial charge >= 0.3 is 0 Å². The van der Waals surface area contributed by atoms with Crippen molar-refractivity contribution >= 4 is 0 Å². The van der Waals surface area contributed by atoms with Gasteiger partial charge in [0, 0.05) is 6.54 Å². The average Bonchev–Trinajstić information content (AvgIpc) is 2.05. The number of hydrogen-bond acceptors (Lipinski definition) is 1. The second-order valence-corrected chi connectivity index (χ2v) is 2.60. The summed E-state index contributed by atoms with van der Waals surface area (Å²) in [5.74, 6) is 0. The van der Waals surface area contributed by atoms with Gasteiger partial charge < -0.3 is 5.32 Å². The summed E-state index contributed by atoms with van der Waals surface area (Å²) in [4.78, 5) is 0. The van der Waals surface area contributed by atoms with Crippen LogP contribution >= 0.6 is 0 Å². The van der Waals surface area contributed by atoms with E-state index < -0.39 is 0 Å². The van der Waals surface area contributed by atoms with Crippen molar-refractivity contribution in [1.29, 1.82) is 0 Å². The van der Waals surface area contributed by atoms with Crippen LogP contribution in [0.5, 0.6) is 0 Å². The molecule has 2 rings (SSSR count). The molecule has 1 aromatic carbocycles. The van der Waals surface area contributed by atoms with Gasteiger partial charge in [0.15, 0.2) is 0 Å². The zero-order valence-corrected chi connectivity index (χ0v) is 5.85. The van der Waals surface area contributed by atoms with E-state index in [1.54, 1.807) is 0 Å². The molecular formula is C9H10N. The molecule has 51 valence electrons. The largest absolute Gasteiger partial charge is 0.312 e. The lowest BCUT2D eigenvalue weighted by molar-refractivity contribution is 0.643. The van der Waals surface area contributed by atoms with Crippen LogP contribution < -0.4 is 5.32 Å². The topological polar surface area (TPSA) is 12.0 Å². The Morgan fingerprint density at radius 2 is 2.50 bits per heavy atom. The summed E-state index contributed by atoms with van der Waals surface area (Å²) in [5.41, 5.74) is 2.80. The van der Waals surface area contributed by atoms with Crippen molar-refractivity contribution in [3.05, 3.63) is 35.4 Å². The lowest BCUT2D eigenvalue weighted by Gasteiger charge is -2.15. The third-order valence-corrected chi connectivity index (χ3v) is 1.91. The summed E-state index contributed by atoms with van der Waals surface area (Å²) in [6, 6.07) is 9.45. The molecule has 0 saturated carbocycles. The van der Waals surface area contributed by atoms with Crippen LogP contribution in [0.3, 0.4) is 0 Å². The minimum Gasteiger partial charge on any atom is -0.312 e. The molecule has 0 aliphatic carbocycles. The molecule has 0 atom stereocenters. The SMILES string of the molecule is [c]1cccc2c1CNCC2. The predicted molar refractivity (Wildman–Crippen MR) is 40.7 cm³/mol. The standard InChI is InChI=1S/C9H10N/c1-2-4-9-7-10-6-5-8(9)3-1/h1-3,10H,5-7H2. The third-order valence-electron chi connectivity index (χ3n) is 1.91. The highest BCUT2D eigenvalue weighted by Gasteiger charge is 2.05. The van der Waals surface area contributed by atoms with Gasteiger partial charge in [-0.1, -0.05) is 18.2 Å². The molecule has 1 heterocycles. The molecule has 0 unspecified atom stereocenters. The Hall–Kier alpha value is -0.820. The Bertz CT molecular complexity index is 205. The molecular weight excluding hydrogens is 122 g/mol. The molecule has 1 heteroatoms. The Morgan fingerprint density at radius 3 is 3.40 bits per heavy atom. The van der Waals surface area contributed by atoms with Gasteiger partial charge in [-0.15, -0.1) is 0 Å². The van der Waals surface area contributed by atoms with E-state index in [-0.39, 0.29) is 0 Å². The number of benzene rings is 1. The van der Waals surface area contributed by atoms with Gasteiger partial charge in [0.1, 0.15) is 0 Å². The Kier molecular flexibility index (Phi) is 1.44. The Balaban J connectivity index is 2.41. The fraction of sp³-hybridized carbons (Fsp3) is 0.333. The zero-order chi connectivity index (χ0) is 6.81. The second kappa shape index (κ2) is 2.43. The first-order valence-electron chi connectivity index (χ1n) is 3.66. The Labute approximate surface area is 61.1 Å². The van der Waals surface area contributed by atoms with Crippen molar-refractivity contribution < 1.29 is 0 Å². The van der Waals surface area contributed by atoms with E-state index in [1.807, 2.05) is 6.07 Å². The fourth-order valence-electron chi connectivity index (χ4n) is 1.34. The van der Waals surface area contributed by atoms with Crippen LogP contribution in [0.4, 0.5) is 0 Å². The lowest BCUT2D eigenvalue weighted by atomic mass is 10.0. The summed E-state index contributed by atoms with van der Waals surface area (Å²) < 4.78 is 0. The molecule has 0 aromatic heterocycles. The number of hydrogen-bond donors (Lipinski definition) is 1. The lowest BCUT2D eigenvalue weighted by Crippen LogP contribution is -2.23. The van der Waals surface area contributed by atoms with Gasteiger partial charge in [-0.25, -0.2) is 0 Å². The molecule has 10 heavy (non-hydrogen) atoms. The fourth-order valence-corrected chi connectivity index (χ4v) is 1.34. The third kappa shape index (κ3) is 0.929. The predicted octanol–water partition coefficient (Wildman–Crippen LogP) is 1.13. The van der Waals surface area contributed by atoms with Gasteiger partial charge in [0.05, 0.1) is 0 Å². The van der Waals surface area contributed by atoms with Crippen molar-refractivity contribution in [1.82, 2.24) is 5.32 Å². The van der Waals surface area contributed by atoms with Crippen LogP contribution in [-0.2, 0) is 13.0 Å². The highest BCUT2D eigenvalue weighted by Crippen LogP contribution is 2.11. The first-order valence-corrected chi connectivity index (χ1v) is 3.66. The van der Waals surface area contributed by atoms with Crippen molar-refractivity contribution in [2.45, 2.75) is 13.0 Å². The van der Waals surface area contributed by atoms with E-state index >= 15 is 0 Å². The van der Waals surface area contributed by atoms with E-state index in [4.69, 9.17) is 0 Å². The normalized spacial score (nSPS) is 16.4. The monoisotopic (exact) mass is 132 g/mol. The first-order chi connectivity index (χ1) is 4.97. The van der Waals surface area contributed by atoms with Crippen molar-refractivity contribution in [3.8, 4) is 0 Å². The molecule has 1 aromatic rings. The summed E-state index contributed by atoms with van der Waals surface area (Å²) in [6.45, 7) is 2.11. The van der Waals surface area contributed by atoms with Crippen LogP contribution in [0.2, 0.25) is 0 Å². The summed E-state index contributed by atoms with van der Waals surface area (Å²) in [6.07, 6.45) is 1.16. The van der Waals surface area contributed by atoms with Gasteiger partial charge in [-0.05, 0) is 30.2 Å². The minimum atomic E-state index is 0.996. The maximum absolute atomic E-state index is 3.31.